The highest BCUT2D eigenvalue weighted by Crippen LogP contribution is 2.28. The van der Waals surface area contributed by atoms with E-state index in [0.717, 1.165) is 10.2 Å². The van der Waals surface area contributed by atoms with Crippen LogP contribution in [0.25, 0.3) is 10.2 Å². The molecule has 0 bridgehead atoms. The number of likely N-dealkylation sites (N-methyl/N-ethyl adjacent to an activating group) is 1. The number of para-hydroxylation sites is 1. The summed E-state index contributed by atoms with van der Waals surface area (Å²) >= 11 is 1.42. The Labute approximate surface area is 160 Å². The number of anilines is 1. The molecule has 3 rings (SSSR count). The van der Waals surface area contributed by atoms with Crippen molar-refractivity contribution in [1.82, 2.24) is 10.3 Å². The van der Waals surface area contributed by atoms with E-state index in [1.165, 1.54) is 40.5 Å². The van der Waals surface area contributed by atoms with Crippen molar-refractivity contribution in [2.24, 2.45) is 5.92 Å². The van der Waals surface area contributed by atoms with E-state index in [0.29, 0.717) is 10.7 Å². The Morgan fingerprint density at radius 3 is 2.41 bits per heavy atom. The quantitative estimate of drug-likeness (QED) is 0.726. The van der Waals surface area contributed by atoms with Crippen LogP contribution in [-0.4, -0.2) is 29.9 Å². The van der Waals surface area contributed by atoms with Gasteiger partial charge in [0.05, 0.1) is 10.2 Å². The Morgan fingerprint density at radius 2 is 1.78 bits per heavy atom. The minimum Gasteiger partial charge on any atom is -0.340 e. The number of nitrogens with one attached hydrogen (secondary N) is 1. The van der Waals surface area contributed by atoms with Gasteiger partial charge in [-0.05, 0) is 42.3 Å². The molecule has 0 radical (unpaired) electrons. The number of benzene rings is 2. The van der Waals surface area contributed by atoms with Crippen LogP contribution in [0.15, 0.2) is 48.5 Å². The van der Waals surface area contributed by atoms with Crippen molar-refractivity contribution in [3.05, 3.63) is 59.9 Å². The molecule has 3 aromatic rings. The van der Waals surface area contributed by atoms with Gasteiger partial charge in [-0.15, -0.1) is 0 Å². The summed E-state index contributed by atoms with van der Waals surface area (Å²) in [6.07, 6.45) is 0. The first-order valence-electron chi connectivity index (χ1n) is 8.56. The summed E-state index contributed by atoms with van der Waals surface area (Å²) in [5, 5.41) is 3.33. The Morgan fingerprint density at radius 1 is 1.11 bits per heavy atom. The van der Waals surface area contributed by atoms with Crippen LogP contribution in [0.2, 0.25) is 0 Å². The van der Waals surface area contributed by atoms with Crippen molar-refractivity contribution >= 4 is 38.5 Å². The minimum atomic E-state index is -0.723. The molecule has 0 aliphatic carbocycles. The van der Waals surface area contributed by atoms with Crippen molar-refractivity contribution in [2.75, 3.05) is 11.9 Å². The molecular formula is C20H20FN3O2S. The standard InChI is InChI=1S/C20H20FN3O2S/c1-12(2)17(23-18(25)13-8-10-14(21)11-9-13)19(26)24(3)20-22-15-6-4-5-7-16(15)27-20/h4-12,17H,1-3H3,(H,23,25). The van der Waals surface area contributed by atoms with E-state index >= 15 is 0 Å². The molecule has 1 heterocycles. The molecule has 0 fully saturated rings. The Bertz CT molecular complexity index is 936. The summed E-state index contributed by atoms with van der Waals surface area (Å²) in [5.74, 6) is -1.21. The van der Waals surface area contributed by atoms with E-state index in [9.17, 15) is 14.0 Å². The van der Waals surface area contributed by atoms with Crippen LogP contribution in [0.4, 0.5) is 9.52 Å². The van der Waals surface area contributed by atoms with Gasteiger partial charge < -0.3 is 5.32 Å². The lowest BCUT2D eigenvalue weighted by Crippen LogP contribution is -2.50. The molecule has 1 atom stereocenters. The van der Waals surface area contributed by atoms with Crippen LogP contribution in [0.5, 0.6) is 0 Å². The van der Waals surface area contributed by atoms with Gasteiger partial charge in [0.15, 0.2) is 5.13 Å². The maximum Gasteiger partial charge on any atom is 0.251 e. The van der Waals surface area contributed by atoms with Gasteiger partial charge in [0.25, 0.3) is 11.8 Å². The average Bonchev–Trinajstić information content (AvgIpc) is 3.09. The van der Waals surface area contributed by atoms with E-state index in [-0.39, 0.29) is 11.8 Å². The number of carbonyl (C=O) groups excluding carboxylic acids is 2. The smallest absolute Gasteiger partial charge is 0.251 e. The molecule has 1 aromatic heterocycles. The van der Waals surface area contributed by atoms with Gasteiger partial charge in [-0.2, -0.15) is 0 Å². The first kappa shape index (κ1) is 19.0. The zero-order valence-electron chi connectivity index (χ0n) is 15.3. The molecular weight excluding hydrogens is 365 g/mol. The Kier molecular flexibility index (Phi) is 5.51. The number of fused-ring (bicyclic) bond motifs is 1. The first-order valence-corrected chi connectivity index (χ1v) is 9.38. The zero-order chi connectivity index (χ0) is 19.6. The third-order valence-corrected chi connectivity index (χ3v) is 5.34. The minimum absolute atomic E-state index is 0.126. The number of amides is 2. The lowest BCUT2D eigenvalue weighted by atomic mass is 10.0. The van der Waals surface area contributed by atoms with Gasteiger partial charge >= 0.3 is 0 Å². The maximum absolute atomic E-state index is 13.1. The van der Waals surface area contributed by atoms with Gasteiger partial charge in [-0.25, -0.2) is 9.37 Å². The van der Waals surface area contributed by atoms with E-state index < -0.39 is 17.8 Å². The number of thiazole rings is 1. The van der Waals surface area contributed by atoms with Crippen LogP contribution in [0.3, 0.4) is 0 Å². The van der Waals surface area contributed by atoms with E-state index in [1.54, 1.807) is 7.05 Å². The topological polar surface area (TPSA) is 62.3 Å². The molecule has 27 heavy (non-hydrogen) atoms. The van der Waals surface area contributed by atoms with Gasteiger partial charge in [0.1, 0.15) is 11.9 Å². The molecule has 2 aromatic carbocycles. The number of carbonyl (C=O) groups is 2. The molecule has 0 aliphatic heterocycles. The first-order chi connectivity index (χ1) is 12.9. The van der Waals surface area contributed by atoms with Gasteiger partial charge in [-0.3, -0.25) is 14.5 Å². The molecule has 1 unspecified atom stereocenters. The molecule has 0 saturated heterocycles. The van der Waals surface area contributed by atoms with Crippen molar-refractivity contribution < 1.29 is 14.0 Å². The molecule has 0 aliphatic rings. The van der Waals surface area contributed by atoms with Crippen molar-refractivity contribution in [2.45, 2.75) is 19.9 Å². The fraction of sp³-hybridized carbons (Fsp3) is 0.250. The SMILES string of the molecule is CC(C)C(NC(=O)c1ccc(F)cc1)C(=O)N(C)c1nc2ccccc2s1. The largest absolute Gasteiger partial charge is 0.340 e. The lowest BCUT2D eigenvalue weighted by molar-refractivity contribution is -0.121. The summed E-state index contributed by atoms with van der Waals surface area (Å²) in [5.41, 5.74) is 1.13. The van der Waals surface area contributed by atoms with Crippen molar-refractivity contribution in [3.8, 4) is 0 Å². The third kappa shape index (κ3) is 4.14. The number of hydrogen-bond donors (Lipinski definition) is 1. The van der Waals surface area contributed by atoms with Crippen molar-refractivity contribution in [3.63, 3.8) is 0 Å². The summed E-state index contributed by atoms with van der Waals surface area (Å²) in [6, 6.07) is 12.2. The summed E-state index contributed by atoms with van der Waals surface area (Å²) < 4.78 is 14.0. The van der Waals surface area contributed by atoms with Crippen LogP contribution in [0, 0.1) is 11.7 Å². The highest BCUT2D eigenvalue weighted by Gasteiger charge is 2.29. The Hall–Kier alpha value is -2.80. The molecule has 7 heteroatoms. The average molecular weight is 385 g/mol. The normalized spacial score (nSPS) is 12.2. The van der Waals surface area contributed by atoms with Crippen LogP contribution >= 0.6 is 11.3 Å². The second-order valence-corrected chi connectivity index (χ2v) is 7.57. The number of hydrogen-bond acceptors (Lipinski definition) is 4. The van der Waals surface area contributed by atoms with Gasteiger partial charge in [0, 0.05) is 12.6 Å². The maximum atomic E-state index is 13.1. The molecule has 0 saturated carbocycles. The number of nitrogens with zero attached hydrogens (tertiary/aromatic N) is 2. The summed E-state index contributed by atoms with van der Waals surface area (Å²) in [6.45, 7) is 3.72. The second-order valence-electron chi connectivity index (χ2n) is 6.56. The highest BCUT2D eigenvalue weighted by molar-refractivity contribution is 7.22. The van der Waals surface area contributed by atoms with E-state index in [4.69, 9.17) is 0 Å². The third-order valence-electron chi connectivity index (χ3n) is 4.23. The number of halogens is 1. The van der Waals surface area contributed by atoms with Crippen LogP contribution < -0.4 is 10.2 Å². The lowest BCUT2D eigenvalue weighted by Gasteiger charge is -2.25. The molecule has 140 valence electrons. The molecule has 0 spiro atoms. The molecule has 1 N–H and O–H groups in total. The number of rotatable bonds is 5. The van der Waals surface area contributed by atoms with Gasteiger partial charge in [-0.1, -0.05) is 37.3 Å². The monoisotopic (exact) mass is 385 g/mol. The highest BCUT2D eigenvalue weighted by atomic mass is 32.1. The second kappa shape index (κ2) is 7.84. The van der Waals surface area contributed by atoms with Crippen molar-refractivity contribution in [1.29, 1.82) is 0 Å². The summed E-state index contributed by atoms with van der Waals surface area (Å²) in [7, 11) is 1.65. The number of aromatic nitrogens is 1. The zero-order valence-corrected chi connectivity index (χ0v) is 16.1. The fourth-order valence-electron chi connectivity index (χ4n) is 2.65. The van der Waals surface area contributed by atoms with Crippen LogP contribution in [0.1, 0.15) is 24.2 Å². The predicted octanol–water partition coefficient (Wildman–Crippen LogP) is 3.85. The molecule has 5 nitrogen and oxygen atoms in total. The fourth-order valence-corrected chi connectivity index (χ4v) is 3.58. The Balaban J connectivity index is 1.79. The predicted molar refractivity (Wildman–Crippen MR) is 106 cm³/mol. The van der Waals surface area contributed by atoms with Crippen LogP contribution in [-0.2, 0) is 4.79 Å². The van der Waals surface area contributed by atoms with E-state index in [2.05, 4.69) is 10.3 Å². The van der Waals surface area contributed by atoms with E-state index in [1.807, 2.05) is 38.1 Å². The van der Waals surface area contributed by atoms with Gasteiger partial charge in [0.2, 0.25) is 0 Å². The molecule has 2 amide bonds. The summed E-state index contributed by atoms with van der Waals surface area (Å²) in [4.78, 5) is 31.4.